The van der Waals surface area contributed by atoms with Gasteiger partial charge in [0.25, 0.3) is 5.91 Å². The fourth-order valence-electron chi connectivity index (χ4n) is 7.45. The molecular weight excluding hydrogens is 804 g/mol. The van der Waals surface area contributed by atoms with Crippen LogP contribution in [0.15, 0.2) is 48.6 Å². The highest BCUT2D eigenvalue weighted by Gasteiger charge is 2.61. The Balaban J connectivity index is 1.25. The molecule has 0 bridgehead atoms. The Morgan fingerprint density at radius 3 is 2.56 bits per heavy atom. The largest absolute Gasteiger partial charge is 0.444 e. The van der Waals surface area contributed by atoms with Gasteiger partial charge in [0, 0.05) is 34.5 Å². The first-order chi connectivity index (χ1) is 26.8. The van der Waals surface area contributed by atoms with E-state index in [0.717, 1.165) is 0 Å². The molecule has 0 unspecified atom stereocenters. The average Bonchev–Trinajstić information content (AvgIpc) is 3.40. The molecular formula is C39H46Cl2FN5O9S. The zero-order chi connectivity index (χ0) is 41.3. The number of carbonyl (C=O) groups is 5. The highest BCUT2D eigenvalue weighted by molar-refractivity contribution is 7.89. The molecule has 3 heterocycles. The third-order valence-corrected chi connectivity index (χ3v) is 12.2. The highest BCUT2D eigenvalue weighted by Crippen LogP contribution is 2.46. The van der Waals surface area contributed by atoms with Crippen LogP contribution >= 0.6 is 23.2 Å². The van der Waals surface area contributed by atoms with Gasteiger partial charge in [-0.3, -0.25) is 24.0 Å². The predicted molar refractivity (Wildman–Crippen MR) is 208 cm³/mol. The minimum atomic E-state index is -4.33. The Bertz CT molecular complexity index is 2080. The summed E-state index contributed by atoms with van der Waals surface area (Å²) >= 11 is 12.2. The van der Waals surface area contributed by atoms with Crippen molar-refractivity contribution >= 4 is 63.1 Å². The molecule has 0 radical (unpaired) electrons. The van der Waals surface area contributed by atoms with E-state index in [1.165, 1.54) is 34.1 Å². The Hall–Kier alpha value is -4.41. The van der Waals surface area contributed by atoms with Crippen LogP contribution in [0.1, 0.15) is 82.4 Å². The molecule has 2 aromatic rings. The number of halogens is 3. The van der Waals surface area contributed by atoms with Crippen LogP contribution in [0.25, 0.3) is 0 Å². The van der Waals surface area contributed by atoms with Crippen molar-refractivity contribution in [1.82, 2.24) is 25.2 Å². The van der Waals surface area contributed by atoms with Gasteiger partial charge in [-0.2, -0.15) is 0 Å². The maximum atomic E-state index is 14.5. The molecule has 3 N–H and O–H groups in total. The van der Waals surface area contributed by atoms with Gasteiger partial charge < -0.3 is 25.0 Å². The van der Waals surface area contributed by atoms with Gasteiger partial charge in [-0.15, -0.1) is 0 Å². The van der Waals surface area contributed by atoms with Gasteiger partial charge in [0.1, 0.15) is 35.1 Å². The zero-order valence-electron chi connectivity index (χ0n) is 31.8. The summed E-state index contributed by atoms with van der Waals surface area (Å²) in [6.45, 7) is 4.89. The molecule has 2 fully saturated rings. The van der Waals surface area contributed by atoms with E-state index >= 15 is 0 Å². The molecule has 18 heteroatoms. The van der Waals surface area contributed by atoms with E-state index in [1.807, 2.05) is 6.08 Å². The maximum absolute atomic E-state index is 14.5. The molecule has 1 aliphatic carbocycles. The first kappa shape index (κ1) is 42.2. The van der Waals surface area contributed by atoms with E-state index < -0.39 is 86.7 Å². The second kappa shape index (κ2) is 16.8. The standard InChI is InChI=1S/C39H46Cl2FN5O9S/c1-38(2,3)56-36(51)43-31-13-8-6-4-5-7-11-25-18-39(25,35(50)45-57(53,54)22-24-14-15-26(40)16-29(24)41)44-33(48)32-17-27(20-47(32)34(31)49)55-37(52)46-19-23-10-9-12-30(42)28(23)21-46/h7,9-12,14-16,25,27,31-32H,4-6,8,13,17-22H2,1-3H3,(H,43,51)(H,44,48)(H,45,50)/b11-7-/t25-,27+,31-,32-,39+/m0/s1. The predicted octanol–water partition coefficient (Wildman–Crippen LogP) is 5.49. The van der Waals surface area contributed by atoms with Crippen molar-refractivity contribution in [2.45, 2.75) is 114 Å². The van der Waals surface area contributed by atoms with Crippen molar-refractivity contribution in [3.63, 3.8) is 0 Å². The number of allylic oxidation sites excluding steroid dienone is 1. The molecule has 0 spiro atoms. The van der Waals surface area contributed by atoms with E-state index in [1.54, 1.807) is 39.0 Å². The number of alkyl carbamates (subject to hydrolysis) is 1. The van der Waals surface area contributed by atoms with Crippen LogP contribution < -0.4 is 15.4 Å². The number of carbonyl (C=O) groups excluding carboxylic acids is 5. The lowest BCUT2D eigenvalue weighted by molar-refractivity contribution is -0.141. The van der Waals surface area contributed by atoms with E-state index in [-0.39, 0.29) is 49.5 Å². The second-order valence-electron chi connectivity index (χ2n) is 15.9. The van der Waals surface area contributed by atoms with Crippen LogP contribution in [-0.4, -0.2) is 84.0 Å². The molecule has 4 aliphatic rings. The van der Waals surface area contributed by atoms with Crippen molar-refractivity contribution < 1.29 is 46.3 Å². The zero-order valence-corrected chi connectivity index (χ0v) is 34.1. The van der Waals surface area contributed by atoms with Crippen LogP contribution in [-0.2, 0) is 52.7 Å². The first-order valence-electron chi connectivity index (χ1n) is 18.8. The molecule has 308 valence electrons. The lowest BCUT2D eigenvalue weighted by atomic mass is 10.0. The lowest BCUT2D eigenvalue weighted by Crippen LogP contribution is -2.58. The topological polar surface area (TPSA) is 181 Å². The monoisotopic (exact) mass is 849 g/mol. The number of rotatable bonds is 6. The number of sulfonamides is 1. The summed E-state index contributed by atoms with van der Waals surface area (Å²) < 4.78 is 54.4. The molecule has 1 saturated carbocycles. The molecule has 5 amide bonds. The van der Waals surface area contributed by atoms with Gasteiger partial charge in [0.2, 0.25) is 21.8 Å². The Morgan fingerprint density at radius 1 is 1.07 bits per heavy atom. The van der Waals surface area contributed by atoms with E-state index in [4.69, 9.17) is 32.7 Å². The molecule has 0 aromatic heterocycles. The SMILES string of the molecule is CC(C)(C)OC(=O)N[C@H]1CCCCC/C=C\[C@H]2C[C@@]2(C(=O)NS(=O)(=O)Cc2ccc(Cl)cc2Cl)NC(=O)[C@@H]2C[C@@H](OC(=O)N3Cc4cccc(F)c4C3)CN2C1=O. The molecule has 6 rings (SSSR count). The minimum absolute atomic E-state index is 0.0261. The Morgan fingerprint density at radius 2 is 1.84 bits per heavy atom. The Labute approximate surface area is 340 Å². The van der Waals surface area contributed by atoms with E-state index in [9.17, 15) is 36.8 Å². The van der Waals surface area contributed by atoms with Gasteiger partial charge >= 0.3 is 12.2 Å². The third-order valence-electron chi connectivity index (χ3n) is 10.4. The van der Waals surface area contributed by atoms with Crippen molar-refractivity contribution in [2.75, 3.05) is 6.54 Å². The summed E-state index contributed by atoms with van der Waals surface area (Å²) in [6.07, 6.45) is 3.71. The number of amides is 5. The lowest BCUT2D eigenvalue weighted by Gasteiger charge is -2.30. The Kier molecular flexibility index (Phi) is 12.5. The average molecular weight is 851 g/mol. The number of benzene rings is 2. The summed E-state index contributed by atoms with van der Waals surface area (Å²) in [4.78, 5) is 71.6. The quantitative estimate of drug-likeness (QED) is 0.317. The van der Waals surface area contributed by atoms with Crippen LogP contribution in [0.5, 0.6) is 0 Å². The summed E-state index contributed by atoms with van der Waals surface area (Å²) in [5, 5.41) is 5.81. The molecule has 1 saturated heterocycles. The van der Waals surface area contributed by atoms with Crippen molar-refractivity contribution in [3.05, 3.63) is 81.1 Å². The highest BCUT2D eigenvalue weighted by atomic mass is 35.5. The van der Waals surface area contributed by atoms with Gasteiger partial charge in [-0.25, -0.2) is 22.4 Å². The van der Waals surface area contributed by atoms with Gasteiger partial charge in [-0.1, -0.05) is 66.4 Å². The van der Waals surface area contributed by atoms with E-state index in [0.29, 0.717) is 41.8 Å². The normalized spacial score (nSPS) is 25.8. The van der Waals surface area contributed by atoms with Crippen LogP contribution in [0.4, 0.5) is 14.0 Å². The number of ether oxygens (including phenoxy) is 2. The summed E-state index contributed by atoms with van der Waals surface area (Å²) in [7, 11) is -4.33. The first-order valence-corrected chi connectivity index (χ1v) is 21.2. The molecule has 3 aliphatic heterocycles. The summed E-state index contributed by atoms with van der Waals surface area (Å²) in [5.74, 6) is -4.04. The van der Waals surface area contributed by atoms with Gasteiger partial charge in [-0.05, 0) is 75.8 Å². The number of nitrogens with zero attached hydrogens (tertiary/aromatic N) is 2. The number of nitrogens with one attached hydrogen (secondary N) is 3. The van der Waals surface area contributed by atoms with Gasteiger partial charge in [0.15, 0.2) is 0 Å². The maximum Gasteiger partial charge on any atom is 0.410 e. The molecule has 57 heavy (non-hydrogen) atoms. The number of hydrogen-bond donors (Lipinski definition) is 3. The molecule has 2 aromatic carbocycles. The molecule has 5 atom stereocenters. The minimum Gasteiger partial charge on any atom is -0.444 e. The molecule has 14 nitrogen and oxygen atoms in total. The summed E-state index contributed by atoms with van der Waals surface area (Å²) in [5.41, 5.74) is -1.35. The van der Waals surface area contributed by atoms with Crippen molar-refractivity contribution in [1.29, 1.82) is 0 Å². The van der Waals surface area contributed by atoms with Crippen molar-refractivity contribution in [3.8, 4) is 0 Å². The third kappa shape index (κ3) is 10.2. The number of hydrogen-bond acceptors (Lipinski definition) is 9. The fourth-order valence-corrected chi connectivity index (χ4v) is 9.21. The fraction of sp³-hybridized carbons (Fsp3) is 0.513. The van der Waals surface area contributed by atoms with Gasteiger partial charge in [0.05, 0.1) is 18.8 Å². The van der Waals surface area contributed by atoms with Crippen LogP contribution in [0, 0.1) is 11.7 Å². The van der Waals surface area contributed by atoms with Crippen LogP contribution in [0.3, 0.4) is 0 Å². The smallest absolute Gasteiger partial charge is 0.410 e. The van der Waals surface area contributed by atoms with Crippen LogP contribution in [0.2, 0.25) is 10.0 Å². The van der Waals surface area contributed by atoms with E-state index in [2.05, 4.69) is 15.4 Å². The van der Waals surface area contributed by atoms with Crippen molar-refractivity contribution in [2.24, 2.45) is 5.92 Å². The summed E-state index contributed by atoms with van der Waals surface area (Å²) in [6, 6.07) is 6.44. The number of fused-ring (bicyclic) bond motifs is 3. The second-order valence-corrected chi connectivity index (χ2v) is 18.5.